The lowest BCUT2D eigenvalue weighted by Crippen LogP contribution is -2.41. The average Bonchev–Trinajstić information content (AvgIpc) is 2.72. The predicted molar refractivity (Wildman–Crippen MR) is 105 cm³/mol. The van der Waals surface area contributed by atoms with Crippen LogP contribution in [0.3, 0.4) is 0 Å². The van der Waals surface area contributed by atoms with Crippen molar-refractivity contribution >= 4 is 17.0 Å². The van der Waals surface area contributed by atoms with Crippen molar-refractivity contribution < 1.29 is 17.7 Å². The minimum absolute atomic E-state index is 0.0481. The summed E-state index contributed by atoms with van der Waals surface area (Å²) in [6, 6.07) is 4.88. The topological polar surface area (TPSA) is 65.5 Å². The molecule has 0 amide bonds. The SMILES string of the molecule is C=C(B1OC(C)(C)C(C)(C)O1)C(CC(C)(C)C)S(=O)(=O)c1ccccn1. The molecule has 2 heterocycles. The third-order valence-electron chi connectivity index (χ3n) is 5.07. The highest BCUT2D eigenvalue weighted by Gasteiger charge is 2.54. The lowest BCUT2D eigenvalue weighted by Gasteiger charge is -2.32. The summed E-state index contributed by atoms with van der Waals surface area (Å²) in [6.45, 7) is 17.9. The monoisotopic (exact) mass is 379 g/mol. The minimum atomic E-state index is -3.72. The van der Waals surface area contributed by atoms with Crippen LogP contribution >= 0.6 is 0 Å². The quantitative estimate of drug-likeness (QED) is 0.727. The molecule has 1 aliphatic heterocycles. The number of pyridine rings is 1. The van der Waals surface area contributed by atoms with Crippen LogP contribution in [0.25, 0.3) is 0 Å². The summed E-state index contributed by atoms with van der Waals surface area (Å²) in [5.41, 5.74) is -0.910. The van der Waals surface area contributed by atoms with Crippen LogP contribution in [0.5, 0.6) is 0 Å². The van der Waals surface area contributed by atoms with Crippen molar-refractivity contribution in [2.24, 2.45) is 5.41 Å². The molecule has 0 spiro atoms. The van der Waals surface area contributed by atoms with E-state index in [1.54, 1.807) is 12.1 Å². The fourth-order valence-electron chi connectivity index (χ4n) is 2.80. The Morgan fingerprint density at radius 3 is 2.15 bits per heavy atom. The van der Waals surface area contributed by atoms with Crippen molar-refractivity contribution in [3.63, 3.8) is 0 Å². The first-order chi connectivity index (χ1) is 11.7. The molecular formula is C19H30BNO4S. The Labute approximate surface area is 158 Å². The first-order valence-electron chi connectivity index (χ1n) is 8.87. The zero-order chi connectivity index (χ0) is 20.0. The molecule has 0 saturated carbocycles. The Morgan fingerprint density at radius 2 is 1.73 bits per heavy atom. The van der Waals surface area contributed by atoms with E-state index >= 15 is 0 Å². The number of hydrogen-bond acceptors (Lipinski definition) is 5. The van der Waals surface area contributed by atoms with Gasteiger partial charge >= 0.3 is 7.12 Å². The van der Waals surface area contributed by atoms with Gasteiger partial charge in [0.05, 0.1) is 16.5 Å². The summed E-state index contributed by atoms with van der Waals surface area (Å²) >= 11 is 0. The maximum Gasteiger partial charge on any atom is 0.491 e. The molecule has 144 valence electrons. The molecule has 1 unspecified atom stereocenters. The third-order valence-corrected chi connectivity index (χ3v) is 7.11. The molecule has 0 aromatic carbocycles. The highest BCUT2D eigenvalue weighted by Crippen LogP contribution is 2.41. The number of hydrogen-bond donors (Lipinski definition) is 0. The molecule has 0 aliphatic carbocycles. The van der Waals surface area contributed by atoms with Crippen molar-refractivity contribution in [3.05, 3.63) is 36.4 Å². The molecule has 1 saturated heterocycles. The lowest BCUT2D eigenvalue weighted by molar-refractivity contribution is 0.00578. The smallest absolute Gasteiger partial charge is 0.400 e. The summed E-state index contributed by atoms with van der Waals surface area (Å²) in [4.78, 5) is 4.06. The van der Waals surface area contributed by atoms with E-state index in [-0.39, 0.29) is 10.4 Å². The van der Waals surface area contributed by atoms with Gasteiger partial charge in [-0.2, -0.15) is 0 Å². The maximum absolute atomic E-state index is 13.3. The van der Waals surface area contributed by atoms with E-state index < -0.39 is 33.4 Å². The van der Waals surface area contributed by atoms with Gasteiger partial charge in [0.2, 0.25) is 9.84 Å². The number of nitrogens with zero attached hydrogens (tertiary/aromatic N) is 1. The van der Waals surface area contributed by atoms with Gasteiger partial charge in [-0.25, -0.2) is 13.4 Å². The molecule has 0 bridgehead atoms. The van der Waals surface area contributed by atoms with Crippen molar-refractivity contribution in [2.45, 2.75) is 76.4 Å². The van der Waals surface area contributed by atoms with Gasteiger partial charge in [0, 0.05) is 6.20 Å². The van der Waals surface area contributed by atoms with Crippen LogP contribution in [-0.2, 0) is 19.1 Å². The highest BCUT2D eigenvalue weighted by atomic mass is 32.2. The second-order valence-electron chi connectivity index (χ2n) is 9.13. The van der Waals surface area contributed by atoms with E-state index in [4.69, 9.17) is 9.31 Å². The average molecular weight is 379 g/mol. The molecule has 26 heavy (non-hydrogen) atoms. The number of rotatable bonds is 5. The van der Waals surface area contributed by atoms with E-state index in [9.17, 15) is 8.42 Å². The van der Waals surface area contributed by atoms with Gasteiger partial charge in [-0.3, -0.25) is 0 Å². The molecule has 1 fully saturated rings. The predicted octanol–water partition coefficient (Wildman–Crippen LogP) is 3.85. The Balaban J connectivity index is 2.42. The summed E-state index contributed by atoms with van der Waals surface area (Å²) in [5, 5.41) is -0.793. The molecule has 1 atom stereocenters. The molecule has 1 aromatic heterocycles. The van der Waals surface area contributed by atoms with Gasteiger partial charge in [-0.1, -0.05) is 26.8 Å². The molecule has 5 nitrogen and oxygen atoms in total. The van der Waals surface area contributed by atoms with Crippen LogP contribution < -0.4 is 0 Å². The maximum atomic E-state index is 13.3. The second kappa shape index (κ2) is 6.77. The summed E-state index contributed by atoms with van der Waals surface area (Å²) in [7, 11) is -4.49. The highest BCUT2D eigenvalue weighted by molar-refractivity contribution is 7.92. The van der Waals surface area contributed by atoms with Gasteiger partial charge < -0.3 is 9.31 Å². The van der Waals surface area contributed by atoms with Crippen molar-refractivity contribution in [3.8, 4) is 0 Å². The molecule has 1 aliphatic rings. The Hall–Kier alpha value is -1.18. The zero-order valence-electron chi connectivity index (χ0n) is 16.9. The van der Waals surface area contributed by atoms with Crippen LogP contribution in [0.4, 0.5) is 0 Å². The van der Waals surface area contributed by atoms with Crippen molar-refractivity contribution in [1.29, 1.82) is 0 Å². The number of sulfone groups is 1. The zero-order valence-corrected chi connectivity index (χ0v) is 17.7. The largest absolute Gasteiger partial charge is 0.491 e. The number of aromatic nitrogens is 1. The van der Waals surface area contributed by atoms with Crippen molar-refractivity contribution in [1.82, 2.24) is 4.98 Å². The van der Waals surface area contributed by atoms with Gasteiger partial charge in [0.15, 0.2) is 5.03 Å². The molecule has 0 N–H and O–H groups in total. The van der Waals surface area contributed by atoms with Gasteiger partial charge in [-0.05, 0) is 57.1 Å². The van der Waals surface area contributed by atoms with Gasteiger partial charge in [0.1, 0.15) is 0 Å². The molecule has 7 heteroatoms. The first-order valence-corrected chi connectivity index (χ1v) is 10.4. The standard InChI is InChI=1S/C19H30BNO4S/c1-14(20-24-18(5,6)19(7,8)25-20)15(13-17(2,3)4)26(22,23)16-11-9-10-12-21-16/h9-12,15H,1,13H2,2-8H3. The van der Waals surface area contributed by atoms with Crippen LogP contribution in [0.1, 0.15) is 54.9 Å². The Bertz CT molecular complexity index is 750. The van der Waals surface area contributed by atoms with Crippen LogP contribution in [0.2, 0.25) is 0 Å². The van der Waals surface area contributed by atoms with Gasteiger partial charge in [0.25, 0.3) is 0 Å². The van der Waals surface area contributed by atoms with Crippen LogP contribution in [-0.4, -0.2) is 37.0 Å². The molecule has 1 aromatic rings. The molecule has 2 rings (SSSR count). The Morgan fingerprint density at radius 1 is 1.19 bits per heavy atom. The van der Waals surface area contributed by atoms with E-state index in [1.165, 1.54) is 12.3 Å². The lowest BCUT2D eigenvalue weighted by atomic mass is 9.73. The van der Waals surface area contributed by atoms with Crippen LogP contribution in [0.15, 0.2) is 41.5 Å². The first kappa shape index (κ1) is 21.1. The minimum Gasteiger partial charge on any atom is -0.400 e. The van der Waals surface area contributed by atoms with E-state index in [0.29, 0.717) is 11.9 Å². The molecular weight excluding hydrogens is 349 g/mol. The van der Waals surface area contributed by atoms with Crippen molar-refractivity contribution in [2.75, 3.05) is 0 Å². The fraction of sp³-hybridized carbons (Fsp3) is 0.632. The van der Waals surface area contributed by atoms with Crippen LogP contribution in [0, 0.1) is 5.41 Å². The summed E-state index contributed by atoms with van der Waals surface area (Å²) in [6.07, 6.45) is 1.88. The normalized spacial score (nSPS) is 20.8. The van der Waals surface area contributed by atoms with E-state index in [1.807, 2.05) is 48.5 Å². The fourth-order valence-corrected chi connectivity index (χ4v) is 4.80. The van der Waals surface area contributed by atoms with E-state index in [2.05, 4.69) is 11.6 Å². The third kappa shape index (κ3) is 4.21. The second-order valence-corrected chi connectivity index (χ2v) is 11.2. The van der Waals surface area contributed by atoms with E-state index in [0.717, 1.165) is 0 Å². The summed E-state index contributed by atoms with van der Waals surface area (Å²) < 4.78 is 38.7. The summed E-state index contributed by atoms with van der Waals surface area (Å²) in [5.74, 6) is 0. The molecule has 0 radical (unpaired) electrons. The van der Waals surface area contributed by atoms with Gasteiger partial charge in [-0.15, -0.1) is 6.58 Å². The Kier molecular flexibility index (Phi) is 5.50.